The maximum Gasteiger partial charge on any atom is 0.248 e. The Bertz CT molecular complexity index is 800. The molecule has 0 saturated carbocycles. The third-order valence-electron chi connectivity index (χ3n) is 6.49. The molecule has 0 spiro atoms. The van der Waals surface area contributed by atoms with E-state index in [0.29, 0.717) is 13.1 Å². The SMILES string of the molecule is C=CC/C=C\C=C(/CC)C1N=NSC1NCC1CCCCN1C(=O)C(NC(=O)[C@H](C)NC)[C@H](C)O. The van der Waals surface area contributed by atoms with Crippen LogP contribution in [0.3, 0.4) is 0 Å². The smallest absolute Gasteiger partial charge is 0.248 e. The van der Waals surface area contributed by atoms with E-state index >= 15 is 0 Å². The van der Waals surface area contributed by atoms with E-state index in [2.05, 4.69) is 51.2 Å². The van der Waals surface area contributed by atoms with Crippen molar-refractivity contribution in [2.24, 2.45) is 9.63 Å². The zero-order valence-corrected chi connectivity index (χ0v) is 22.3. The molecule has 2 amide bonds. The lowest BCUT2D eigenvalue weighted by atomic mass is 9.99. The van der Waals surface area contributed by atoms with Crippen LogP contribution in [0.2, 0.25) is 0 Å². The van der Waals surface area contributed by atoms with Gasteiger partial charge in [0.05, 0.1) is 12.1 Å². The standard InChI is InChI=1S/C25H42N6O3S/c1-6-8-9-10-13-19(7-2)22-24(35-30-29-22)27-16-20-14-11-12-15-31(20)25(34)21(18(4)32)28-23(33)17(3)26-5/h6,9-10,13,17-18,20-22,24,26-27,32H,1,7-8,11-12,14-16H2,2-5H3,(H,28,33)/b10-9-,19-13+/t17-,18-,20?,21?,22?,24?/m0/s1. The van der Waals surface area contributed by atoms with E-state index in [1.54, 1.807) is 14.0 Å². The number of rotatable bonds is 13. The minimum Gasteiger partial charge on any atom is -0.391 e. The van der Waals surface area contributed by atoms with Crippen LogP contribution in [0.5, 0.6) is 0 Å². The summed E-state index contributed by atoms with van der Waals surface area (Å²) in [7, 11) is 1.68. The van der Waals surface area contributed by atoms with Crippen LogP contribution in [-0.4, -0.2) is 77.6 Å². The number of carbonyl (C=O) groups excluding carboxylic acids is 2. The normalized spacial score (nSPS) is 25.5. The first-order valence-corrected chi connectivity index (χ1v) is 13.4. The molecular weight excluding hydrogens is 464 g/mol. The molecule has 1 saturated heterocycles. The molecule has 0 aromatic carbocycles. The first-order valence-electron chi connectivity index (χ1n) is 12.6. The minimum absolute atomic E-state index is 0.00312. The topological polar surface area (TPSA) is 118 Å². The molecule has 196 valence electrons. The van der Waals surface area contributed by atoms with E-state index in [4.69, 9.17) is 0 Å². The van der Waals surface area contributed by atoms with Crippen LogP contribution in [-0.2, 0) is 9.59 Å². The summed E-state index contributed by atoms with van der Waals surface area (Å²) in [6, 6.07) is -1.52. The molecule has 2 rings (SSSR count). The Morgan fingerprint density at radius 2 is 2.09 bits per heavy atom. The van der Waals surface area contributed by atoms with Crippen LogP contribution < -0.4 is 16.0 Å². The molecule has 6 atom stereocenters. The Morgan fingerprint density at radius 3 is 2.74 bits per heavy atom. The van der Waals surface area contributed by atoms with Crippen LogP contribution >= 0.6 is 11.9 Å². The van der Waals surface area contributed by atoms with Crippen molar-refractivity contribution in [1.82, 2.24) is 20.9 Å². The van der Waals surface area contributed by atoms with Gasteiger partial charge in [-0.1, -0.05) is 31.2 Å². The number of allylic oxidation sites excluding steroid dienone is 4. The number of nitrogens with zero attached hydrogens (tertiary/aromatic N) is 3. The van der Waals surface area contributed by atoms with Gasteiger partial charge >= 0.3 is 0 Å². The number of aliphatic hydroxyl groups is 1. The summed E-state index contributed by atoms with van der Waals surface area (Å²) in [5.74, 6) is -0.553. The lowest BCUT2D eigenvalue weighted by Crippen LogP contribution is -2.60. The summed E-state index contributed by atoms with van der Waals surface area (Å²) in [6.07, 6.45) is 11.6. The molecule has 10 heteroatoms. The summed E-state index contributed by atoms with van der Waals surface area (Å²) >= 11 is 1.42. The van der Waals surface area contributed by atoms with Gasteiger partial charge < -0.3 is 20.6 Å². The van der Waals surface area contributed by atoms with Crippen molar-refractivity contribution < 1.29 is 14.7 Å². The third kappa shape index (κ3) is 8.56. The van der Waals surface area contributed by atoms with Crippen molar-refractivity contribution >= 4 is 23.8 Å². The first-order chi connectivity index (χ1) is 16.8. The van der Waals surface area contributed by atoms with Gasteiger partial charge in [-0.2, -0.15) is 5.11 Å². The number of likely N-dealkylation sites (tertiary alicyclic amines) is 1. The molecule has 0 aromatic rings. The van der Waals surface area contributed by atoms with Gasteiger partial charge in [-0.15, -0.1) is 11.1 Å². The lowest BCUT2D eigenvalue weighted by molar-refractivity contribution is -0.142. The second kappa shape index (κ2) is 15.2. The molecule has 0 bridgehead atoms. The van der Waals surface area contributed by atoms with E-state index in [1.165, 1.54) is 24.4 Å². The average Bonchev–Trinajstić information content (AvgIpc) is 3.33. The predicted molar refractivity (Wildman–Crippen MR) is 142 cm³/mol. The van der Waals surface area contributed by atoms with Crippen molar-refractivity contribution in [1.29, 1.82) is 0 Å². The molecule has 2 heterocycles. The molecule has 1 fully saturated rings. The van der Waals surface area contributed by atoms with Crippen molar-refractivity contribution in [2.45, 2.75) is 88.5 Å². The number of piperidine rings is 1. The van der Waals surface area contributed by atoms with Gasteiger partial charge in [0.2, 0.25) is 11.8 Å². The molecule has 4 unspecified atom stereocenters. The summed E-state index contributed by atoms with van der Waals surface area (Å²) in [4.78, 5) is 27.6. The molecule has 35 heavy (non-hydrogen) atoms. The van der Waals surface area contributed by atoms with Crippen LogP contribution in [0, 0.1) is 0 Å². The molecular formula is C25H42N6O3S. The Balaban J connectivity index is 2.06. The summed E-state index contributed by atoms with van der Waals surface area (Å²) < 4.78 is 4.22. The van der Waals surface area contributed by atoms with Gasteiger partial charge in [0.1, 0.15) is 17.5 Å². The fourth-order valence-electron chi connectivity index (χ4n) is 4.19. The predicted octanol–water partition coefficient (Wildman–Crippen LogP) is 2.71. The number of hydrogen-bond acceptors (Lipinski definition) is 8. The molecule has 2 aliphatic heterocycles. The van der Waals surface area contributed by atoms with Crippen LogP contribution in [0.25, 0.3) is 0 Å². The van der Waals surface area contributed by atoms with Crippen molar-refractivity contribution in [3.05, 3.63) is 36.5 Å². The highest BCUT2D eigenvalue weighted by atomic mass is 32.2. The molecule has 0 aliphatic carbocycles. The molecule has 0 aromatic heterocycles. The van der Waals surface area contributed by atoms with Crippen molar-refractivity contribution in [3.63, 3.8) is 0 Å². The van der Waals surface area contributed by atoms with Gasteiger partial charge in [-0.05, 0) is 58.6 Å². The Hall–Kier alpha value is -2.01. The number of amides is 2. The van der Waals surface area contributed by atoms with Gasteiger partial charge in [0.25, 0.3) is 0 Å². The van der Waals surface area contributed by atoms with Gasteiger partial charge in [-0.3, -0.25) is 14.9 Å². The summed E-state index contributed by atoms with van der Waals surface area (Å²) in [5, 5.41) is 23.9. The average molecular weight is 507 g/mol. The first kappa shape index (κ1) is 29.2. The number of aliphatic hydroxyl groups excluding tert-OH is 1. The highest BCUT2D eigenvalue weighted by Gasteiger charge is 2.36. The van der Waals surface area contributed by atoms with Crippen LogP contribution in [0.4, 0.5) is 0 Å². The maximum atomic E-state index is 13.4. The molecule has 9 nitrogen and oxygen atoms in total. The van der Waals surface area contributed by atoms with Gasteiger partial charge in [0, 0.05) is 31.1 Å². The highest BCUT2D eigenvalue weighted by molar-refractivity contribution is 7.98. The van der Waals surface area contributed by atoms with Gasteiger partial charge in [-0.25, -0.2) is 0 Å². The summed E-state index contributed by atoms with van der Waals surface area (Å²) in [5.41, 5.74) is 1.20. The fraction of sp³-hybridized carbons (Fsp3) is 0.680. The summed E-state index contributed by atoms with van der Waals surface area (Å²) in [6.45, 7) is 10.3. The van der Waals surface area contributed by atoms with E-state index < -0.39 is 18.2 Å². The molecule has 4 N–H and O–H groups in total. The molecule has 2 aliphatic rings. The van der Waals surface area contributed by atoms with E-state index in [1.807, 2.05) is 17.1 Å². The third-order valence-corrected chi connectivity index (χ3v) is 7.33. The monoisotopic (exact) mass is 506 g/mol. The number of likely N-dealkylation sites (N-methyl/N-ethyl adjacent to an activating group) is 1. The highest BCUT2D eigenvalue weighted by Crippen LogP contribution is 2.31. The van der Waals surface area contributed by atoms with Crippen molar-refractivity contribution in [2.75, 3.05) is 20.1 Å². The van der Waals surface area contributed by atoms with E-state index in [-0.39, 0.29) is 29.3 Å². The number of carbonyl (C=O) groups is 2. The van der Waals surface area contributed by atoms with Gasteiger partial charge in [0.15, 0.2) is 0 Å². The quantitative estimate of drug-likeness (QED) is 0.173. The Kier molecular flexibility index (Phi) is 12.7. The number of nitrogens with one attached hydrogen (secondary N) is 3. The minimum atomic E-state index is -0.996. The zero-order chi connectivity index (χ0) is 25.8. The largest absolute Gasteiger partial charge is 0.391 e. The second-order valence-electron chi connectivity index (χ2n) is 9.04. The lowest BCUT2D eigenvalue weighted by Gasteiger charge is -2.39. The zero-order valence-electron chi connectivity index (χ0n) is 21.4. The van der Waals surface area contributed by atoms with E-state index in [9.17, 15) is 14.7 Å². The van der Waals surface area contributed by atoms with E-state index in [0.717, 1.165) is 32.1 Å². The maximum absolute atomic E-state index is 13.4. The van der Waals surface area contributed by atoms with Crippen LogP contribution in [0.1, 0.15) is 52.9 Å². The Morgan fingerprint density at radius 1 is 1.31 bits per heavy atom. The van der Waals surface area contributed by atoms with Crippen molar-refractivity contribution in [3.8, 4) is 0 Å². The number of hydrogen-bond donors (Lipinski definition) is 4. The van der Waals surface area contributed by atoms with Crippen LogP contribution in [0.15, 0.2) is 46.1 Å². The Labute approximate surface area is 214 Å². The second-order valence-corrected chi connectivity index (χ2v) is 9.92. The fourth-order valence-corrected chi connectivity index (χ4v) is 4.96. The molecule has 0 radical (unpaired) electrons.